The molecular weight excluding hydrogens is 222 g/mol. The molecule has 0 bridgehead atoms. The molecule has 104 valence electrons. The third-order valence-electron chi connectivity index (χ3n) is 3.77. The molecule has 3 nitrogen and oxygen atoms in total. The van der Waals surface area contributed by atoms with E-state index in [9.17, 15) is 5.26 Å². The van der Waals surface area contributed by atoms with Gasteiger partial charge in [-0.3, -0.25) is 5.32 Å². The van der Waals surface area contributed by atoms with Crippen LogP contribution in [-0.2, 0) is 0 Å². The fourth-order valence-electron chi connectivity index (χ4n) is 2.40. The highest BCUT2D eigenvalue weighted by Gasteiger charge is 2.45. The average Bonchev–Trinajstić information content (AvgIpc) is 3.16. The van der Waals surface area contributed by atoms with Gasteiger partial charge < -0.3 is 4.90 Å². The highest BCUT2D eigenvalue weighted by Crippen LogP contribution is 2.39. The molecule has 1 N–H and O–H groups in total. The van der Waals surface area contributed by atoms with Crippen molar-refractivity contribution in [2.75, 3.05) is 26.7 Å². The van der Waals surface area contributed by atoms with Crippen LogP contribution in [0.1, 0.15) is 46.5 Å². The monoisotopic (exact) mass is 251 g/mol. The van der Waals surface area contributed by atoms with Crippen molar-refractivity contribution < 1.29 is 0 Å². The minimum atomic E-state index is -0.304. The maximum atomic E-state index is 9.60. The predicted molar refractivity (Wildman–Crippen MR) is 76.3 cm³/mol. The summed E-state index contributed by atoms with van der Waals surface area (Å²) < 4.78 is 0. The lowest BCUT2D eigenvalue weighted by atomic mass is 9.93. The van der Waals surface area contributed by atoms with Crippen LogP contribution in [0, 0.1) is 23.2 Å². The van der Waals surface area contributed by atoms with E-state index in [1.807, 2.05) is 0 Å². The molecule has 0 aromatic rings. The Morgan fingerprint density at radius 1 is 1.44 bits per heavy atom. The van der Waals surface area contributed by atoms with Crippen molar-refractivity contribution in [3.63, 3.8) is 0 Å². The van der Waals surface area contributed by atoms with Gasteiger partial charge in [-0.15, -0.1) is 0 Å². The molecule has 0 aromatic heterocycles. The van der Waals surface area contributed by atoms with Gasteiger partial charge in [-0.2, -0.15) is 5.26 Å². The standard InChI is InChI=1S/C15H29N3/c1-5-9-17-15(11-16,14-6-7-14)12-18(4)10-8-13(2)3/h13-14,17H,5-10,12H2,1-4H3. The summed E-state index contributed by atoms with van der Waals surface area (Å²) in [7, 11) is 2.14. The van der Waals surface area contributed by atoms with E-state index in [2.05, 4.69) is 44.1 Å². The average molecular weight is 251 g/mol. The van der Waals surface area contributed by atoms with Crippen molar-refractivity contribution in [2.45, 2.75) is 52.0 Å². The van der Waals surface area contributed by atoms with Gasteiger partial charge in [0.25, 0.3) is 0 Å². The first-order valence-corrected chi connectivity index (χ1v) is 7.39. The maximum absolute atomic E-state index is 9.60. The molecule has 0 aromatic carbocycles. The van der Waals surface area contributed by atoms with Gasteiger partial charge >= 0.3 is 0 Å². The summed E-state index contributed by atoms with van der Waals surface area (Å²) in [4.78, 5) is 2.32. The highest BCUT2D eigenvalue weighted by atomic mass is 15.2. The summed E-state index contributed by atoms with van der Waals surface area (Å²) in [5, 5.41) is 13.1. The molecule has 1 saturated carbocycles. The lowest BCUT2D eigenvalue weighted by molar-refractivity contribution is 0.220. The Bertz CT molecular complexity index is 278. The first-order chi connectivity index (χ1) is 8.54. The number of hydrogen-bond donors (Lipinski definition) is 1. The lowest BCUT2D eigenvalue weighted by Crippen LogP contribution is -2.54. The van der Waals surface area contributed by atoms with Crippen LogP contribution in [0.3, 0.4) is 0 Å². The van der Waals surface area contributed by atoms with E-state index in [0.29, 0.717) is 5.92 Å². The largest absolute Gasteiger partial charge is 0.303 e. The van der Waals surface area contributed by atoms with Gasteiger partial charge in [-0.25, -0.2) is 0 Å². The van der Waals surface area contributed by atoms with E-state index in [1.165, 1.54) is 19.3 Å². The van der Waals surface area contributed by atoms with Crippen molar-refractivity contribution >= 4 is 0 Å². The van der Waals surface area contributed by atoms with Gasteiger partial charge in [0.1, 0.15) is 5.54 Å². The van der Waals surface area contributed by atoms with E-state index in [1.54, 1.807) is 0 Å². The fraction of sp³-hybridized carbons (Fsp3) is 0.933. The van der Waals surface area contributed by atoms with Crippen molar-refractivity contribution in [3.8, 4) is 6.07 Å². The number of nitriles is 1. The van der Waals surface area contributed by atoms with Gasteiger partial charge in [0.05, 0.1) is 6.07 Å². The van der Waals surface area contributed by atoms with Crippen LogP contribution in [-0.4, -0.2) is 37.1 Å². The molecule has 0 spiro atoms. The second kappa shape index (κ2) is 7.11. The Kier molecular flexibility index (Phi) is 6.11. The molecule has 1 aliphatic carbocycles. The Morgan fingerprint density at radius 3 is 2.56 bits per heavy atom. The molecular formula is C15H29N3. The molecule has 1 atom stereocenters. The number of rotatable bonds is 9. The summed E-state index contributed by atoms with van der Waals surface area (Å²) in [6.07, 6.45) is 4.72. The normalized spacial score (nSPS) is 18.9. The van der Waals surface area contributed by atoms with Gasteiger partial charge in [0.15, 0.2) is 0 Å². The fourth-order valence-corrected chi connectivity index (χ4v) is 2.40. The van der Waals surface area contributed by atoms with Crippen molar-refractivity contribution in [1.82, 2.24) is 10.2 Å². The first kappa shape index (κ1) is 15.5. The van der Waals surface area contributed by atoms with Crippen LogP contribution < -0.4 is 5.32 Å². The van der Waals surface area contributed by atoms with Crippen LogP contribution >= 0.6 is 0 Å². The SMILES string of the molecule is CCCNC(C#N)(CN(C)CCC(C)C)C1CC1. The van der Waals surface area contributed by atoms with Crippen LogP contribution in [0.15, 0.2) is 0 Å². The molecule has 1 aliphatic rings. The van der Waals surface area contributed by atoms with Crippen LogP contribution in [0.5, 0.6) is 0 Å². The summed E-state index contributed by atoms with van der Waals surface area (Å²) in [5.74, 6) is 1.30. The summed E-state index contributed by atoms with van der Waals surface area (Å²) in [5.41, 5.74) is -0.304. The molecule has 0 saturated heterocycles. The number of likely N-dealkylation sites (N-methyl/N-ethyl adjacent to an activating group) is 1. The molecule has 0 amide bonds. The van der Waals surface area contributed by atoms with E-state index < -0.39 is 0 Å². The Labute approximate surface area is 113 Å². The van der Waals surface area contributed by atoms with Gasteiger partial charge in [-0.1, -0.05) is 20.8 Å². The summed E-state index contributed by atoms with van der Waals surface area (Å²) in [6.45, 7) is 9.55. The first-order valence-electron chi connectivity index (χ1n) is 7.39. The summed E-state index contributed by atoms with van der Waals surface area (Å²) in [6, 6.07) is 2.58. The molecule has 1 rings (SSSR count). The molecule has 0 radical (unpaired) electrons. The quantitative estimate of drug-likeness (QED) is 0.685. The minimum Gasteiger partial charge on any atom is -0.303 e. The smallest absolute Gasteiger partial charge is 0.122 e. The van der Waals surface area contributed by atoms with Gasteiger partial charge in [0, 0.05) is 6.54 Å². The molecule has 1 unspecified atom stereocenters. The van der Waals surface area contributed by atoms with E-state index in [0.717, 1.165) is 32.0 Å². The highest BCUT2D eigenvalue weighted by molar-refractivity contribution is 5.16. The van der Waals surface area contributed by atoms with Crippen molar-refractivity contribution in [1.29, 1.82) is 5.26 Å². The van der Waals surface area contributed by atoms with E-state index >= 15 is 0 Å². The number of nitrogens with one attached hydrogen (secondary N) is 1. The zero-order chi connectivity index (χ0) is 13.6. The van der Waals surface area contributed by atoms with Gasteiger partial charge in [-0.05, 0) is 57.7 Å². The molecule has 0 aliphatic heterocycles. The van der Waals surface area contributed by atoms with E-state index in [-0.39, 0.29) is 5.54 Å². The second-order valence-electron chi connectivity index (χ2n) is 6.20. The number of nitrogens with zero attached hydrogens (tertiary/aromatic N) is 2. The zero-order valence-electron chi connectivity index (χ0n) is 12.5. The molecule has 18 heavy (non-hydrogen) atoms. The maximum Gasteiger partial charge on any atom is 0.122 e. The Morgan fingerprint density at radius 2 is 2.11 bits per heavy atom. The zero-order valence-corrected chi connectivity index (χ0v) is 12.5. The Balaban J connectivity index is 2.52. The van der Waals surface area contributed by atoms with Crippen LogP contribution in [0.4, 0.5) is 0 Å². The third kappa shape index (κ3) is 4.59. The number of hydrogen-bond acceptors (Lipinski definition) is 3. The predicted octanol–water partition coefficient (Wildman–Crippen LogP) is 2.64. The van der Waals surface area contributed by atoms with Crippen molar-refractivity contribution in [2.24, 2.45) is 11.8 Å². The molecule has 1 fully saturated rings. The Hall–Kier alpha value is -0.590. The van der Waals surface area contributed by atoms with E-state index in [4.69, 9.17) is 0 Å². The minimum absolute atomic E-state index is 0.304. The third-order valence-corrected chi connectivity index (χ3v) is 3.77. The lowest BCUT2D eigenvalue weighted by Gasteiger charge is -2.33. The van der Waals surface area contributed by atoms with Crippen LogP contribution in [0.2, 0.25) is 0 Å². The molecule has 3 heteroatoms. The second-order valence-corrected chi connectivity index (χ2v) is 6.20. The topological polar surface area (TPSA) is 39.1 Å². The van der Waals surface area contributed by atoms with Gasteiger partial charge in [0.2, 0.25) is 0 Å². The van der Waals surface area contributed by atoms with Crippen molar-refractivity contribution in [3.05, 3.63) is 0 Å². The van der Waals surface area contributed by atoms with Crippen LogP contribution in [0.25, 0.3) is 0 Å². The molecule has 0 heterocycles. The summed E-state index contributed by atoms with van der Waals surface area (Å²) >= 11 is 0.